The number of amides is 2. The molecular formula is C16H28N2O3. The highest BCUT2D eigenvalue weighted by atomic mass is 16.4. The fourth-order valence-electron chi connectivity index (χ4n) is 3.77. The number of carboxylic acid groups (broad SMARTS) is 1. The summed E-state index contributed by atoms with van der Waals surface area (Å²) in [5.74, 6) is 0.366. The van der Waals surface area contributed by atoms with E-state index in [-0.39, 0.29) is 11.9 Å². The highest BCUT2D eigenvalue weighted by molar-refractivity contribution is 5.77. The van der Waals surface area contributed by atoms with Gasteiger partial charge in [-0.3, -0.25) is 4.79 Å². The van der Waals surface area contributed by atoms with Crippen molar-refractivity contribution in [3.05, 3.63) is 0 Å². The second-order valence-electron chi connectivity index (χ2n) is 6.99. The maximum absolute atomic E-state index is 12.1. The van der Waals surface area contributed by atoms with Crippen molar-refractivity contribution in [2.24, 2.45) is 23.7 Å². The minimum absolute atomic E-state index is 0.0347. The average Bonchev–Trinajstić information content (AvgIpc) is 2.81. The molecule has 0 aromatic heterocycles. The van der Waals surface area contributed by atoms with Crippen molar-refractivity contribution in [2.45, 2.75) is 46.0 Å². The fourth-order valence-corrected chi connectivity index (χ4v) is 3.77. The third kappa shape index (κ3) is 4.35. The molecule has 21 heavy (non-hydrogen) atoms. The highest BCUT2D eigenvalue weighted by Crippen LogP contribution is 2.30. The Hall–Kier alpha value is -1.26. The van der Waals surface area contributed by atoms with Gasteiger partial charge in [0.1, 0.15) is 0 Å². The van der Waals surface area contributed by atoms with Crippen molar-refractivity contribution in [2.75, 3.05) is 19.6 Å². The molecule has 4 atom stereocenters. The lowest BCUT2D eigenvalue weighted by atomic mass is 9.81. The van der Waals surface area contributed by atoms with Gasteiger partial charge in [0.25, 0.3) is 0 Å². The summed E-state index contributed by atoms with van der Waals surface area (Å²) in [5.41, 5.74) is 0. The molecule has 1 heterocycles. The van der Waals surface area contributed by atoms with Crippen molar-refractivity contribution in [3.63, 3.8) is 0 Å². The molecule has 120 valence electrons. The first-order chi connectivity index (χ1) is 9.97. The molecule has 1 aliphatic carbocycles. The zero-order chi connectivity index (χ0) is 15.4. The van der Waals surface area contributed by atoms with Crippen molar-refractivity contribution in [1.82, 2.24) is 10.2 Å². The lowest BCUT2D eigenvalue weighted by molar-refractivity contribution is -0.142. The maximum Gasteiger partial charge on any atom is 0.317 e. The summed E-state index contributed by atoms with van der Waals surface area (Å²) >= 11 is 0. The standard InChI is InChI=1S/C16H28N2O3/c1-11-4-3-5-13(8-11)6-7-17-16(21)18-9-12(2)14(10-18)15(19)20/h11-14H,3-10H2,1-2H3,(H,17,21)(H,19,20). The van der Waals surface area contributed by atoms with Crippen LogP contribution in [0.3, 0.4) is 0 Å². The average molecular weight is 296 g/mol. The third-order valence-corrected chi connectivity index (χ3v) is 5.09. The van der Waals surface area contributed by atoms with Crippen molar-refractivity contribution < 1.29 is 14.7 Å². The lowest BCUT2D eigenvalue weighted by Crippen LogP contribution is -2.40. The summed E-state index contributed by atoms with van der Waals surface area (Å²) in [7, 11) is 0. The number of aliphatic carboxylic acids is 1. The van der Waals surface area contributed by atoms with Crippen LogP contribution in [0.5, 0.6) is 0 Å². The molecular weight excluding hydrogens is 268 g/mol. The van der Waals surface area contributed by atoms with Crippen LogP contribution in [-0.2, 0) is 4.79 Å². The van der Waals surface area contributed by atoms with Crippen LogP contribution in [0.2, 0.25) is 0 Å². The van der Waals surface area contributed by atoms with E-state index in [1.165, 1.54) is 25.7 Å². The molecule has 1 saturated heterocycles. The number of likely N-dealkylation sites (tertiary alicyclic amines) is 1. The first-order valence-corrected chi connectivity index (χ1v) is 8.23. The van der Waals surface area contributed by atoms with Gasteiger partial charge in [-0.05, 0) is 30.6 Å². The molecule has 0 aromatic carbocycles. The van der Waals surface area contributed by atoms with Gasteiger partial charge in [0, 0.05) is 19.6 Å². The minimum Gasteiger partial charge on any atom is -0.481 e. The monoisotopic (exact) mass is 296 g/mol. The number of carbonyl (C=O) groups excluding carboxylic acids is 1. The van der Waals surface area contributed by atoms with E-state index in [1.54, 1.807) is 4.90 Å². The van der Waals surface area contributed by atoms with Crippen LogP contribution in [0.1, 0.15) is 46.0 Å². The van der Waals surface area contributed by atoms with Crippen molar-refractivity contribution >= 4 is 12.0 Å². The predicted octanol–water partition coefficient (Wildman–Crippen LogP) is 2.56. The largest absolute Gasteiger partial charge is 0.481 e. The van der Waals surface area contributed by atoms with Gasteiger partial charge in [-0.25, -0.2) is 4.79 Å². The molecule has 1 aliphatic heterocycles. The second-order valence-corrected chi connectivity index (χ2v) is 6.99. The molecule has 0 spiro atoms. The van der Waals surface area contributed by atoms with E-state index in [0.29, 0.717) is 19.6 Å². The van der Waals surface area contributed by atoms with Gasteiger partial charge < -0.3 is 15.3 Å². The van der Waals surface area contributed by atoms with Crippen LogP contribution in [-0.4, -0.2) is 41.6 Å². The molecule has 0 radical (unpaired) electrons. The Bertz CT molecular complexity index is 386. The van der Waals surface area contributed by atoms with Gasteiger partial charge in [-0.2, -0.15) is 0 Å². The first-order valence-electron chi connectivity index (χ1n) is 8.23. The molecule has 5 heteroatoms. The Morgan fingerprint density at radius 1 is 1.24 bits per heavy atom. The summed E-state index contributed by atoms with van der Waals surface area (Å²) in [6, 6.07) is -0.102. The Labute approximate surface area is 127 Å². The van der Waals surface area contributed by atoms with Gasteiger partial charge >= 0.3 is 12.0 Å². The summed E-state index contributed by atoms with van der Waals surface area (Å²) < 4.78 is 0. The Kier molecular flexibility index (Phi) is 5.48. The summed E-state index contributed by atoms with van der Waals surface area (Å²) in [6.45, 7) is 5.79. The van der Waals surface area contributed by atoms with E-state index >= 15 is 0 Å². The van der Waals surface area contributed by atoms with Crippen LogP contribution in [0, 0.1) is 23.7 Å². The van der Waals surface area contributed by atoms with Gasteiger partial charge in [-0.1, -0.05) is 33.1 Å². The molecule has 4 unspecified atom stereocenters. The Balaban J connectivity index is 1.69. The molecule has 2 amide bonds. The van der Waals surface area contributed by atoms with Crippen LogP contribution < -0.4 is 5.32 Å². The zero-order valence-electron chi connectivity index (χ0n) is 13.2. The first kappa shape index (κ1) is 16.1. The number of hydrogen-bond acceptors (Lipinski definition) is 2. The molecule has 2 fully saturated rings. The molecule has 5 nitrogen and oxygen atoms in total. The molecule has 2 N–H and O–H groups in total. The lowest BCUT2D eigenvalue weighted by Gasteiger charge is -2.27. The summed E-state index contributed by atoms with van der Waals surface area (Å²) in [4.78, 5) is 24.8. The van der Waals surface area contributed by atoms with E-state index < -0.39 is 11.9 Å². The molecule has 2 rings (SSSR count). The summed E-state index contributed by atoms with van der Waals surface area (Å²) in [5, 5.41) is 12.1. The number of nitrogens with zero attached hydrogens (tertiary/aromatic N) is 1. The molecule has 1 saturated carbocycles. The minimum atomic E-state index is -0.797. The zero-order valence-corrected chi connectivity index (χ0v) is 13.2. The fraction of sp³-hybridized carbons (Fsp3) is 0.875. The van der Waals surface area contributed by atoms with E-state index in [2.05, 4.69) is 12.2 Å². The van der Waals surface area contributed by atoms with Gasteiger partial charge in [0.2, 0.25) is 0 Å². The highest BCUT2D eigenvalue weighted by Gasteiger charge is 2.36. The van der Waals surface area contributed by atoms with Crippen molar-refractivity contribution in [1.29, 1.82) is 0 Å². The van der Waals surface area contributed by atoms with Crippen LogP contribution in [0.25, 0.3) is 0 Å². The van der Waals surface area contributed by atoms with E-state index in [4.69, 9.17) is 5.11 Å². The second kappa shape index (κ2) is 7.14. The third-order valence-electron chi connectivity index (χ3n) is 5.09. The van der Waals surface area contributed by atoms with E-state index in [9.17, 15) is 9.59 Å². The van der Waals surface area contributed by atoms with E-state index in [0.717, 1.165) is 18.3 Å². The number of hydrogen-bond donors (Lipinski definition) is 2. The van der Waals surface area contributed by atoms with Crippen LogP contribution in [0.4, 0.5) is 4.79 Å². The molecule has 0 aromatic rings. The number of nitrogens with one attached hydrogen (secondary N) is 1. The number of urea groups is 1. The Morgan fingerprint density at radius 3 is 2.62 bits per heavy atom. The van der Waals surface area contributed by atoms with Crippen molar-refractivity contribution in [3.8, 4) is 0 Å². The van der Waals surface area contributed by atoms with Gasteiger partial charge in [0.15, 0.2) is 0 Å². The number of rotatable bonds is 4. The van der Waals surface area contributed by atoms with E-state index in [1.807, 2.05) is 6.92 Å². The van der Waals surface area contributed by atoms with Gasteiger partial charge in [-0.15, -0.1) is 0 Å². The van der Waals surface area contributed by atoms with Crippen LogP contribution in [0.15, 0.2) is 0 Å². The number of carboxylic acids is 1. The maximum atomic E-state index is 12.1. The topological polar surface area (TPSA) is 69.6 Å². The molecule has 2 aliphatic rings. The molecule has 0 bridgehead atoms. The number of carbonyl (C=O) groups is 2. The Morgan fingerprint density at radius 2 is 2.00 bits per heavy atom. The summed E-state index contributed by atoms with van der Waals surface area (Å²) in [6.07, 6.45) is 6.25. The normalized spacial score (nSPS) is 33.0. The SMILES string of the molecule is CC1CCCC(CCNC(=O)N2CC(C)C(C(=O)O)C2)C1. The van der Waals surface area contributed by atoms with Crippen LogP contribution >= 0.6 is 0 Å². The quantitative estimate of drug-likeness (QED) is 0.837. The predicted molar refractivity (Wildman–Crippen MR) is 81.0 cm³/mol. The van der Waals surface area contributed by atoms with Gasteiger partial charge in [0.05, 0.1) is 5.92 Å². The smallest absolute Gasteiger partial charge is 0.317 e.